The Morgan fingerprint density at radius 2 is 1.81 bits per heavy atom. The number of benzene rings is 2. The Labute approximate surface area is 182 Å². The largest absolute Gasteiger partial charge is 0.461 e. The molecule has 0 aliphatic carbocycles. The predicted octanol–water partition coefficient (Wildman–Crippen LogP) is 3.19. The Morgan fingerprint density at radius 1 is 1.12 bits per heavy atom. The molecule has 0 radical (unpaired) electrons. The number of rotatable bonds is 6. The maximum Gasteiger partial charge on any atom is 0.360 e. The number of hydrogen-bond donors (Lipinski definition) is 1. The molecule has 3 rings (SSSR count). The van der Waals surface area contributed by atoms with Crippen molar-refractivity contribution in [1.29, 1.82) is 0 Å². The number of nitro groups is 1. The first kappa shape index (κ1) is 22.3. The molecule has 0 aliphatic rings. The molecule has 1 aromatic heterocycles. The van der Waals surface area contributed by atoms with Crippen molar-refractivity contribution in [2.24, 2.45) is 0 Å². The second-order valence-electron chi connectivity index (χ2n) is 6.93. The maximum absolute atomic E-state index is 12.7. The average Bonchev–Trinajstić information content (AvgIpc) is 2.75. The highest BCUT2D eigenvalue weighted by Crippen LogP contribution is 2.21. The van der Waals surface area contributed by atoms with Crippen LogP contribution in [-0.2, 0) is 4.74 Å². The minimum absolute atomic E-state index is 0.0141. The van der Waals surface area contributed by atoms with E-state index in [0.29, 0.717) is 11.3 Å². The molecule has 0 unspecified atom stereocenters. The number of nitrogens with zero attached hydrogens (tertiary/aromatic N) is 3. The molecular weight excluding hydrogens is 416 g/mol. The van der Waals surface area contributed by atoms with Gasteiger partial charge in [0.2, 0.25) is 0 Å². The normalized spacial score (nSPS) is 10.5. The number of aryl methyl sites for hydroxylation is 2. The first-order chi connectivity index (χ1) is 15.2. The Kier molecular flexibility index (Phi) is 6.43. The third kappa shape index (κ3) is 4.69. The monoisotopic (exact) mass is 436 g/mol. The summed E-state index contributed by atoms with van der Waals surface area (Å²) < 4.78 is 6.04. The second kappa shape index (κ2) is 9.21. The smallest absolute Gasteiger partial charge is 0.360 e. The Morgan fingerprint density at radius 3 is 2.44 bits per heavy atom. The first-order valence-electron chi connectivity index (χ1n) is 9.66. The summed E-state index contributed by atoms with van der Waals surface area (Å²) in [6.07, 6.45) is 0. The maximum atomic E-state index is 12.7. The number of aromatic nitrogens is 2. The van der Waals surface area contributed by atoms with E-state index in [2.05, 4.69) is 10.4 Å². The zero-order chi connectivity index (χ0) is 23.4. The van der Waals surface area contributed by atoms with Crippen molar-refractivity contribution in [1.82, 2.24) is 9.78 Å². The predicted molar refractivity (Wildman–Crippen MR) is 116 cm³/mol. The molecule has 10 heteroatoms. The van der Waals surface area contributed by atoms with Crippen molar-refractivity contribution < 1.29 is 19.2 Å². The lowest BCUT2D eigenvalue weighted by molar-refractivity contribution is -0.385. The molecule has 164 valence electrons. The summed E-state index contributed by atoms with van der Waals surface area (Å²) in [5.74, 6) is -1.58. The van der Waals surface area contributed by atoms with Crippen molar-refractivity contribution in [2.75, 3.05) is 11.9 Å². The van der Waals surface area contributed by atoms with Crippen LogP contribution in [0.2, 0.25) is 0 Å². The number of carbonyl (C=O) groups excluding carboxylic acids is 2. The van der Waals surface area contributed by atoms with Crippen LogP contribution < -0.4 is 10.9 Å². The summed E-state index contributed by atoms with van der Waals surface area (Å²) in [4.78, 5) is 48.4. The number of amides is 1. The van der Waals surface area contributed by atoms with Crippen LogP contribution in [0, 0.1) is 24.0 Å². The summed E-state index contributed by atoms with van der Waals surface area (Å²) in [7, 11) is 0. The fourth-order valence-corrected chi connectivity index (χ4v) is 2.91. The molecule has 10 nitrogen and oxygen atoms in total. The summed E-state index contributed by atoms with van der Waals surface area (Å²) >= 11 is 0. The van der Waals surface area contributed by atoms with Gasteiger partial charge in [0, 0.05) is 23.3 Å². The number of anilines is 1. The van der Waals surface area contributed by atoms with E-state index < -0.39 is 22.4 Å². The molecule has 0 saturated carbocycles. The van der Waals surface area contributed by atoms with Crippen LogP contribution >= 0.6 is 0 Å². The molecular formula is C22H20N4O6. The second-order valence-corrected chi connectivity index (χ2v) is 6.93. The van der Waals surface area contributed by atoms with E-state index in [0.717, 1.165) is 22.4 Å². The van der Waals surface area contributed by atoms with Crippen molar-refractivity contribution in [3.63, 3.8) is 0 Å². The van der Waals surface area contributed by atoms with Crippen LogP contribution in [0.15, 0.2) is 53.3 Å². The Bertz CT molecular complexity index is 1260. The summed E-state index contributed by atoms with van der Waals surface area (Å²) in [6, 6.07) is 11.9. The van der Waals surface area contributed by atoms with E-state index in [1.165, 1.54) is 12.1 Å². The van der Waals surface area contributed by atoms with E-state index in [9.17, 15) is 24.5 Å². The van der Waals surface area contributed by atoms with Gasteiger partial charge >= 0.3 is 5.97 Å². The van der Waals surface area contributed by atoms with E-state index in [4.69, 9.17) is 4.74 Å². The number of nitrogens with one attached hydrogen (secondary N) is 1. The van der Waals surface area contributed by atoms with Gasteiger partial charge in [-0.2, -0.15) is 9.78 Å². The average molecular weight is 436 g/mol. The zero-order valence-corrected chi connectivity index (χ0v) is 17.6. The van der Waals surface area contributed by atoms with Gasteiger partial charge in [0.25, 0.3) is 17.2 Å². The molecule has 0 spiro atoms. The first-order valence-corrected chi connectivity index (χ1v) is 9.66. The van der Waals surface area contributed by atoms with Crippen molar-refractivity contribution in [3.05, 3.63) is 91.4 Å². The molecule has 0 bridgehead atoms. The minimum Gasteiger partial charge on any atom is -0.461 e. The molecule has 1 amide bonds. The highest BCUT2D eigenvalue weighted by Gasteiger charge is 2.22. The fraction of sp³-hybridized carbons (Fsp3) is 0.182. The molecule has 0 saturated heterocycles. The third-order valence-corrected chi connectivity index (χ3v) is 4.60. The van der Waals surface area contributed by atoms with Crippen molar-refractivity contribution in [3.8, 4) is 5.69 Å². The van der Waals surface area contributed by atoms with Crippen LogP contribution in [0.25, 0.3) is 5.69 Å². The molecule has 1 heterocycles. The summed E-state index contributed by atoms with van der Waals surface area (Å²) in [5, 5.41) is 17.7. The topological polar surface area (TPSA) is 133 Å². The number of ether oxygens (including phenoxy) is 1. The van der Waals surface area contributed by atoms with E-state index in [-0.39, 0.29) is 29.2 Å². The van der Waals surface area contributed by atoms with Gasteiger partial charge in [-0.05, 0) is 39.0 Å². The van der Waals surface area contributed by atoms with Crippen LogP contribution in [0.5, 0.6) is 0 Å². The van der Waals surface area contributed by atoms with Crippen LogP contribution in [-0.4, -0.2) is 33.2 Å². The van der Waals surface area contributed by atoms with Gasteiger partial charge in [-0.1, -0.05) is 23.8 Å². The van der Waals surface area contributed by atoms with E-state index >= 15 is 0 Å². The van der Waals surface area contributed by atoms with Gasteiger partial charge < -0.3 is 10.1 Å². The molecule has 0 fully saturated rings. The van der Waals surface area contributed by atoms with Gasteiger partial charge in [0.15, 0.2) is 5.69 Å². The van der Waals surface area contributed by atoms with Gasteiger partial charge in [0.05, 0.1) is 22.9 Å². The number of carbonyl (C=O) groups is 2. The number of nitro benzene ring substituents is 1. The van der Waals surface area contributed by atoms with Gasteiger partial charge in [-0.3, -0.25) is 19.7 Å². The van der Waals surface area contributed by atoms with Crippen LogP contribution in [0.4, 0.5) is 11.4 Å². The van der Waals surface area contributed by atoms with Crippen molar-refractivity contribution >= 4 is 23.3 Å². The number of hydrogen-bond acceptors (Lipinski definition) is 7. The van der Waals surface area contributed by atoms with Gasteiger partial charge in [-0.25, -0.2) is 4.79 Å². The van der Waals surface area contributed by atoms with E-state index in [1.807, 2.05) is 6.92 Å². The van der Waals surface area contributed by atoms with Gasteiger partial charge in [-0.15, -0.1) is 0 Å². The molecule has 3 aromatic rings. The number of esters is 1. The molecule has 32 heavy (non-hydrogen) atoms. The van der Waals surface area contributed by atoms with E-state index in [1.54, 1.807) is 38.1 Å². The Hall–Kier alpha value is -4.34. The quantitative estimate of drug-likeness (QED) is 0.356. The lowest BCUT2D eigenvalue weighted by Crippen LogP contribution is -2.27. The van der Waals surface area contributed by atoms with Crippen LogP contribution in [0.3, 0.4) is 0 Å². The Balaban J connectivity index is 2.04. The van der Waals surface area contributed by atoms with Gasteiger partial charge in [0.1, 0.15) is 0 Å². The zero-order valence-electron chi connectivity index (χ0n) is 17.6. The highest BCUT2D eigenvalue weighted by molar-refractivity contribution is 6.07. The minimum atomic E-state index is -0.835. The van der Waals surface area contributed by atoms with Crippen LogP contribution in [0.1, 0.15) is 38.9 Å². The lowest BCUT2D eigenvalue weighted by atomic mass is 10.1. The molecule has 1 N–H and O–H groups in total. The summed E-state index contributed by atoms with van der Waals surface area (Å²) in [5.41, 5.74) is 0.526. The third-order valence-electron chi connectivity index (χ3n) is 4.60. The van der Waals surface area contributed by atoms with Crippen molar-refractivity contribution in [2.45, 2.75) is 20.8 Å². The standard InChI is InChI=1S/C22H20N4O6/c1-4-32-22(29)20-17(12-19(27)25(24-20)16-9-5-13(2)6-10-16)23-21(28)15-8-7-14(3)18(11-15)26(30)31/h5-12H,4H2,1-3H3,(H,23,28). The fourth-order valence-electron chi connectivity index (χ4n) is 2.91. The highest BCUT2D eigenvalue weighted by atomic mass is 16.6. The molecule has 0 atom stereocenters. The summed E-state index contributed by atoms with van der Waals surface area (Å²) in [6.45, 7) is 5.10. The molecule has 0 aliphatic heterocycles. The molecule has 2 aromatic carbocycles. The lowest BCUT2D eigenvalue weighted by Gasteiger charge is -2.13. The SMILES string of the molecule is CCOC(=O)c1nn(-c2ccc(C)cc2)c(=O)cc1NC(=O)c1ccc(C)c([N+](=O)[O-])c1.